The van der Waals surface area contributed by atoms with Crippen LogP contribution in [-0.2, 0) is 6.42 Å². The Bertz CT molecular complexity index is 662. The number of carbonyl (C=O) groups is 1. The first-order valence-electron chi connectivity index (χ1n) is 6.99. The third-order valence-corrected chi connectivity index (χ3v) is 3.42. The van der Waals surface area contributed by atoms with E-state index in [2.05, 4.69) is 20.6 Å². The highest BCUT2D eigenvalue weighted by Gasteiger charge is 2.09. The molecule has 0 fully saturated rings. The van der Waals surface area contributed by atoms with E-state index in [1.807, 2.05) is 6.92 Å². The molecule has 0 atom stereocenters. The molecule has 0 aliphatic rings. The molecule has 0 saturated carbocycles. The van der Waals surface area contributed by atoms with Gasteiger partial charge in [-0.3, -0.25) is 4.79 Å². The fourth-order valence-corrected chi connectivity index (χ4v) is 2.15. The van der Waals surface area contributed by atoms with Gasteiger partial charge in [0.15, 0.2) is 0 Å². The molecular formula is C15H18ClN5O. The summed E-state index contributed by atoms with van der Waals surface area (Å²) in [6, 6.07) is 6.93. The Hall–Kier alpha value is -2.34. The van der Waals surface area contributed by atoms with Gasteiger partial charge in [0.2, 0.25) is 5.95 Å². The summed E-state index contributed by atoms with van der Waals surface area (Å²) in [5.41, 5.74) is 7.02. The lowest BCUT2D eigenvalue weighted by molar-refractivity contribution is 0.0955. The number of aromatic nitrogens is 2. The van der Waals surface area contributed by atoms with Crippen LogP contribution in [0.5, 0.6) is 0 Å². The minimum atomic E-state index is -0.203. The van der Waals surface area contributed by atoms with Crippen LogP contribution in [0.2, 0.25) is 5.02 Å². The van der Waals surface area contributed by atoms with E-state index in [9.17, 15) is 4.79 Å². The normalized spacial score (nSPS) is 10.3. The maximum atomic E-state index is 12.0. The monoisotopic (exact) mass is 319 g/mol. The van der Waals surface area contributed by atoms with E-state index < -0.39 is 0 Å². The van der Waals surface area contributed by atoms with E-state index in [1.165, 1.54) is 0 Å². The van der Waals surface area contributed by atoms with E-state index in [1.54, 1.807) is 30.5 Å². The average Bonchev–Trinajstić information content (AvgIpc) is 2.52. The van der Waals surface area contributed by atoms with Gasteiger partial charge in [-0.15, -0.1) is 0 Å². The molecule has 1 aromatic heterocycles. The van der Waals surface area contributed by atoms with Gasteiger partial charge >= 0.3 is 0 Å². The third kappa shape index (κ3) is 4.08. The Kier molecular flexibility index (Phi) is 5.55. The zero-order valence-corrected chi connectivity index (χ0v) is 13.0. The molecule has 1 aromatic carbocycles. The lowest BCUT2D eigenvalue weighted by Gasteiger charge is -2.11. The number of anilines is 2. The fourth-order valence-electron chi connectivity index (χ4n) is 1.93. The smallest absolute Gasteiger partial charge is 0.252 e. The van der Waals surface area contributed by atoms with Crippen molar-refractivity contribution >= 4 is 29.3 Å². The van der Waals surface area contributed by atoms with Gasteiger partial charge < -0.3 is 16.4 Å². The van der Waals surface area contributed by atoms with Crippen LogP contribution in [0, 0.1) is 0 Å². The quantitative estimate of drug-likeness (QED) is 0.709. The van der Waals surface area contributed by atoms with Gasteiger partial charge in [0, 0.05) is 24.8 Å². The molecule has 1 heterocycles. The summed E-state index contributed by atoms with van der Waals surface area (Å²) in [5, 5.41) is 6.38. The lowest BCUT2D eigenvalue weighted by atomic mass is 10.2. The molecule has 0 aliphatic heterocycles. The molecule has 7 heteroatoms. The van der Waals surface area contributed by atoms with Crippen molar-refractivity contribution in [3.05, 3.63) is 46.6 Å². The van der Waals surface area contributed by atoms with E-state index >= 15 is 0 Å². The molecule has 2 aromatic rings. The minimum Gasteiger partial charge on any atom is -0.368 e. The van der Waals surface area contributed by atoms with Crippen molar-refractivity contribution in [1.82, 2.24) is 15.3 Å². The molecule has 116 valence electrons. The Morgan fingerprint density at radius 3 is 2.82 bits per heavy atom. The summed E-state index contributed by atoms with van der Waals surface area (Å²) >= 11 is 5.98. The number of hydrogen-bond acceptors (Lipinski definition) is 5. The predicted molar refractivity (Wildman–Crippen MR) is 88.1 cm³/mol. The number of nitrogens with zero attached hydrogens (tertiary/aromatic N) is 2. The zero-order valence-electron chi connectivity index (χ0n) is 12.3. The average molecular weight is 320 g/mol. The van der Waals surface area contributed by atoms with E-state index in [0.29, 0.717) is 29.5 Å². The summed E-state index contributed by atoms with van der Waals surface area (Å²) in [6.45, 7) is 2.98. The molecule has 4 N–H and O–H groups in total. The molecule has 22 heavy (non-hydrogen) atoms. The lowest BCUT2D eigenvalue weighted by Crippen LogP contribution is -2.29. The fraction of sp³-hybridized carbons (Fsp3) is 0.267. The second-order valence-electron chi connectivity index (χ2n) is 4.62. The van der Waals surface area contributed by atoms with Crippen molar-refractivity contribution in [2.75, 3.05) is 24.1 Å². The van der Waals surface area contributed by atoms with Crippen LogP contribution in [0.25, 0.3) is 0 Å². The van der Waals surface area contributed by atoms with Crippen LogP contribution >= 0.6 is 11.6 Å². The van der Waals surface area contributed by atoms with E-state index in [0.717, 1.165) is 12.0 Å². The molecule has 0 radical (unpaired) electrons. The Balaban J connectivity index is 1.86. The van der Waals surface area contributed by atoms with E-state index in [-0.39, 0.29) is 11.9 Å². The van der Waals surface area contributed by atoms with Crippen molar-refractivity contribution in [3.63, 3.8) is 0 Å². The second-order valence-corrected chi connectivity index (χ2v) is 5.03. The Morgan fingerprint density at radius 1 is 1.32 bits per heavy atom. The number of carbonyl (C=O) groups excluding carboxylic acids is 1. The highest BCUT2D eigenvalue weighted by Crippen LogP contribution is 2.14. The van der Waals surface area contributed by atoms with Crippen LogP contribution in [-0.4, -0.2) is 29.0 Å². The number of halogens is 1. The number of amides is 1. The Labute approximate surface area is 134 Å². The van der Waals surface area contributed by atoms with Gasteiger partial charge in [0.25, 0.3) is 5.91 Å². The highest BCUT2D eigenvalue weighted by molar-refractivity contribution is 6.33. The van der Waals surface area contributed by atoms with Crippen LogP contribution < -0.4 is 16.4 Å². The predicted octanol–water partition coefficient (Wildman–Crippen LogP) is 2.12. The van der Waals surface area contributed by atoms with Gasteiger partial charge in [-0.25, -0.2) is 4.98 Å². The zero-order chi connectivity index (χ0) is 15.9. The topological polar surface area (TPSA) is 92.9 Å². The molecule has 0 bridgehead atoms. The first kappa shape index (κ1) is 16.0. The number of aryl methyl sites for hydroxylation is 1. The molecule has 2 rings (SSSR count). The summed E-state index contributed by atoms with van der Waals surface area (Å²) in [7, 11) is 0. The van der Waals surface area contributed by atoms with Crippen LogP contribution in [0.1, 0.15) is 22.8 Å². The van der Waals surface area contributed by atoms with Crippen molar-refractivity contribution in [1.29, 1.82) is 0 Å². The molecule has 0 spiro atoms. The van der Waals surface area contributed by atoms with Crippen LogP contribution in [0.3, 0.4) is 0 Å². The number of rotatable bonds is 6. The second kappa shape index (κ2) is 7.61. The van der Waals surface area contributed by atoms with Gasteiger partial charge in [-0.1, -0.05) is 30.7 Å². The molecule has 0 aliphatic carbocycles. The first-order chi connectivity index (χ1) is 10.6. The Morgan fingerprint density at radius 2 is 2.09 bits per heavy atom. The summed E-state index contributed by atoms with van der Waals surface area (Å²) in [4.78, 5) is 20.1. The largest absolute Gasteiger partial charge is 0.368 e. The number of hydrogen-bond donors (Lipinski definition) is 3. The standard InChI is InChI=1S/C15H18ClN5O/c1-2-10-9-20-15(17)21-13(10)18-7-8-19-14(22)11-5-3-4-6-12(11)16/h3-6,9H,2,7-8H2,1H3,(H,19,22)(H3,17,18,20,21). The number of nitrogens with one attached hydrogen (secondary N) is 2. The molecule has 0 unspecified atom stereocenters. The maximum absolute atomic E-state index is 12.0. The number of benzene rings is 1. The molecule has 1 amide bonds. The summed E-state index contributed by atoms with van der Waals surface area (Å²) in [5.74, 6) is 0.715. The first-order valence-corrected chi connectivity index (χ1v) is 7.37. The minimum absolute atomic E-state index is 0.203. The van der Waals surface area contributed by atoms with Crippen LogP contribution in [0.4, 0.5) is 11.8 Å². The molecular weight excluding hydrogens is 302 g/mol. The maximum Gasteiger partial charge on any atom is 0.252 e. The number of nitrogen functional groups attached to an aromatic ring is 1. The van der Waals surface area contributed by atoms with Gasteiger partial charge in [-0.05, 0) is 18.6 Å². The highest BCUT2D eigenvalue weighted by atomic mass is 35.5. The van der Waals surface area contributed by atoms with Gasteiger partial charge in [-0.2, -0.15) is 4.98 Å². The molecule has 6 nitrogen and oxygen atoms in total. The van der Waals surface area contributed by atoms with Crippen molar-refractivity contribution in [3.8, 4) is 0 Å². The summed E-state index contributed by atoms with van der Waals surface area (Å²) in [6.07, 6.45) is 2.50. The molecule has 0 saturated heterocycles. The van der Waals surface area contributed by atoms with Gasteiger partial charge in [0.05, 0.1) is 10.6 Å². The van der Waals surface area contributed by atoms with Crippen LogP contribution in [0.15, 0.2) is 30.5 Å². The van der Waals surface area contributed by atoms with Crippen molar-refractivity contribution < 1.29 is 4.79 Å². The SMILES string of the molecule is CCc1cnc(N)nc1NCCNC(=O)c1ccccc1Cl. The third-order valence-electron chi connectivity index (χ3n) is 3.09. The van der Waals surface area contributed by atoms with E-state index in [4.69, 9.17) is 17.3 Å². The summed E-state index contributed by atoms with van der Waals surface area (Å²) < 4.78 is 0. The van der Waals surface area contributed by atoms with Crippen molar-refractivity contribution in [2.45, 2.75) is 13.3 Å². The van der Waals surface area contributed by atoms with Crippen molar-refractivity contribution in [2.24, 2.45) is 0 Å². The number of nitrogens with two attached hydrogens (primary N) is 1. The van der Waals surface area contributed by atoms with Gasteiger partial charge in [0.1, 0.15) is 5.82 Å².